The summed E-state index contributed by atoms with van der Waals surface area (Å²) in [5.74, 6) is 1.65. The molecule has 0 N–H and O–H groups in total. The largest absolute Gasteiger partial charge is 0.456 e. The van der Waals surface area contributed by atoms with Crippen LogP contribution in [-0.4, -0.2) is 54.2 Å². The van der Waals surface area contributed by atoms with Gasteiger partial charge in [-0.2, -0.15) is 0 Å². The molecule has 0 unspecified atom stereocenters. The molecular formula is C33H16B5N3O. The van der Waals surface area contributed by atoms with Gasteiger partial charge in [0, 0.05) is 27.5 Å². The second-order valence-electron chi connectivity index (χ2n) is 9.97. The minimum Gasteiger partial charge on any atom is -0.456 e. The van der Waals surface area contributed by atoms with Crippen LogP contribution < -0.4 is 27.3 Å². The highest BCUT2D eigenvalue weighted by atomic mass is 16.3. The van der Waals surface area contributed by atoms with E-state index < -0.39 is 0 Å². The van der Waals surface area contributed by atoms with Crippen LogP contribution in [0.25, 0.3) is 67.2 Å². The Bertz CT molecular complexity index is 2060. The first-order valence-electron chi connectivity index (χ1n) is 13.2. The molecule has 0 aliphatic carbocycles. The molecular weight excluding hydrogens is 508 g/mol. The van der Waals surface area contributed by atoms with Crippen LogP contribution in [0.5, 0.6) is 0 Å². The molecule has 10 radical (unpaired) electrons. The third kappa shape index (κ3) is 4.28. The predicted octanol–water partition coefficient (Wildman–Crippen LogP) is 2.41. The molecule has 7 rings (SSSR count). The van der Waals surface area contributed by atoms with E-state index in [1.807, 2.05) is 97.1 Å². The predicted molar refractivity (Wildman–Crippen MR) is 176 cm³/mol. The lowest BCUT2D eigenvalue weighted by Gasteiger charge is -2.21. The summed E-state index contributed by atoms with van der Waals surface area (Å²) in [7, 11) is 31.2. The van der Waals surface area contributed by atoms with Crippen LogP contribution >= 0.6 is 0 Å². The normalized spacial score (nSPS) is 11.3. The Hall–Kier alpha value is -4.77. The van der Waals surface area contributed by atoms with Crippen molar-refractivity contribution in [3.63, 3.8) is 0 Å². The quantitative estimate of drug-likeness (QED) is 0.332. The summed E-state index contributed by atoms with van der Waals surface area (Å²) in [6.45, 7) is 0. The molecule has 4 nitrogen and oxygen atoms in total. The molecule has 42 heavy (non-hydrogen) atoms. The first-order chi connectivity index (χ1) is 20.4. The van der Waals surface area contributed by atoms with Gasteiger partial charge in [0.2, 0.25) is 0 Å². The van der Waals surface area contributed by atoms with Crippen LogP contribution in [0.2, 0.25) is 0 Å². The molecule has 0 saturated heterocycles. The Labute approximate surface area is 249 Å². The topological polar surface area (TPSA) is 51.8 Å². The number of aromatic nitrogens is 3. The van der Waals surface area contributed by atoms with Crippen molar-refractivity contribution in [2.75, 3.05) is 0 Å². The van der Waals surface area contributed by atoms with E-state index in [0.717, 1.165) is 33.0 Å². The molecule has 0 bridgehead atoms. The van der Waals surface area contributed by atoms with Crippen molar-refractivity contribution < 1.29 is 4.42 Å². The molecule has 0 saturated carbocycles. The Morgan fingerprint density at radius 1 is 0.452 bits per heavy atom. The molecule has 9 heteroatoms. The number of hydrogen-bond acceptors (Lipinski definition) is 4. The monoisotopic (exact) mass is 525 g/mol. The summed E-state index contributed by atoms with van der Waals surface area (Å²) in [5, 5.41) is 1.67. The summed E-state index contributed by atoms with van der Waals surface area (Å²) >= 11 is 0. The Morgan fingerprint density at radius 3 is 1.60 bits per heavy atom. The lowest BCUT2D eigenvalue weighted by molar-refractivity contribution is 0.669. The Balaban J connectivity index is 1.49. The van der Waals surface area contributed by atoms with Crippen LogP contribution in [0.15, 0.2) is 101 Å². The van der Waals surface area contributed by atoms with Gasteiger partial charge >= 0.3 is 0 Å². The van der Waals surface area contributed by atoms with E-state index in [2.05, 4.69) is 0 Å². The van der Waals surface area contributed by atoms with Gasteiger partial charge < -0.3 is 4.42 Å². The molecule has 7 aromatic rings. The van der Waals surface area contributed by atoms with Crippen LogP contribution in [0.4, 0.5) is 0 Å². The van der Waals surface area contributed by atoms with E-state index in [0.29, 0.717) is 34.2 Å². The highest BCUT2D eigenvalue weighted by molar-refractivity contribution is 6.68. The smallest absolute Gasteiger partial charge is 0.164 e. The second kappa shape index (κ2) is 10.3. The van der Waals surface area contributed by atoms with Crippen molar-refractivity contribution >= 4 is 88.5 Å². The number of furan rings is 1. The summed E-state index contributed by atoms with van der Waals surface area (Å²) in [6.07, 6.45) is 0. The maximum atomic E-state index is 6.39. The van der Waals surface area contributed by atoms with Gasteiger partial charge in [0.25, 0.3) is 0 Å². The zero-order chi connectivity index (χ0) is 29.0. The number of fused-ring (bicyclic) bond motifs is 3. The molecule has 5 aromatic carbocycles. The van der Waals surface area contributed by atoms with E-state index in [4.69, 9.17) is 58.6 Å². The van der Waals surface area contributed by atoms with Crippen LogP contribution in [-0.2, 0) is 0 Å². The van der Waals surface area contributed by atoms with Crippen molar-refractivity contribution in [1.82, 2.24) is 15.0 Å². The average molecular weight is 525 g/mol. The van der Waals surface area contributed by atoms with Gasteiger partial charge in [0.05, 0.1) is 0 Å². The SMILES string of the molecule is [B]c1c([B])c([B])c(-c2ccc3oc4cccc(-c5nc(-c6ccccc6)nc(-c6ccccc6)n5)c4c3c2)c([B])c1[B]. The fourth-order valence-corrected chi connectivity index (χ4v) is 5.26. The van der Waals surface area contributed by atoms with Gasteiger partial charge in [0.15, 0.2) is 17.5 Å². The van der Waals surface area contributed by atoms with E-state index in [9.17, 15) is 0 Å². The second-order valence-corrected chi connectivity index (χ2v) is 9.97. The molecule has 0 fully saturated rings. The number of benzene rings is 5. The zero-order valence-electron chi connectivity index (χ0n) is 22.4. The van der Waals surface area contributed by atoms with Crippen molar-refractivity contribution in [3.05, 3.63) is 97.1 Å². The Kier molecular flexibility index (Phi) is 6.39. The summed E-state index contributed by atoms with van der Waals surface area (Å²) in [6, 6.07) is 31.2. The molecule has 0 atom stereocenters. The van der Waals surface area contributed by atoms with E-state index in [1.165, 1.54) is 0 Å². The number of hydrogen-bond donors (Lipinski definition) is 0. The van der Waals surface area contributed by atoms with E-state index in [-0.39, 0.29) is 27.3 Å². The molecule has 0 aliphatic rings. The maximum Gasteiger partial charge on any atom is 0.164 e. The van der Waals surface area contributed by atoms with Crippen LogP contribution in [0, 0.1) is 0 Å². The molecule has 0 amide bonds. The molecule has 184 valence electrons. The van der Waals surface area contributed by atoms with Gasteiger partial charge in [0.1, 0.15) is 50.4 Å². The van der Waals surface area contributed by atoms with Crippen LogP contribution in [0.1, 0.15) is 0 Å². The van der Waals surface area contributed by atoms with Crippen molar-refractivity contribution in [3.8, 4) is 45.3 Å². The van der Waals surface area contributed by atoms with Gasteiger partial charge in [-0.25, -0.2) is 15.0 Å². The van der Waals surface area contributed by atoms with Gasteiger partial charge in [-0.05, 0) is 29.3 Å². The van der Waals surface area contributed by atoms with Gasteiger partial charge in [-0.1, -0.05) is 89.8 Å². The average Bonchev–Trinajstić information content (AvgIpc) is 3.42. The summed E-state index contributed by atoms with van der Waals surface area (Å²) < 4.78 is 6.26. The summed E-state index contributed by atoms with van der Waals surface area (Å²) in [4.78, 5) is 14.7. The fourth-order valence-electron chi connectivity index (χ4n) is 5.26. The fraction of sp³-hybridized carbons (Fsp3) is 0. The minimum absolute atomic E-state index is 0.171. The molecule has 2 heterocycles. The first kappa shape index (κ1) is 26.2. The number of nitrogens with zero attached hydrogens (tertiary/aromatic N) is 3. The maximum absolute atomic E-state index is 6.39. The molecule has 0 spiro atoms. The zero-order valence-corrected chi connectivity index (χ0v) is 22.4. The standard InChI is InChI=1S/C33H16B5N3O/c34-26-24(27(35)29(37)30(38)28(26)36)19-14-15-22-21(16-19)25-20(12-7-13-23(25)42-22)33-40-31(17-8-3-1-4-9-17)39-32(41-33)18-10-5-2-6-11-18/h1-16H. The molecule has 0 aliphatic heterocycles. The third-order valence-corrected chi connectivity index (χ3v) is 7.42. The third-order valence-electron chi connectivity index (χ3n) is 7.42. The van der Waals surface area contributed by atoms with Crippen molar-refractivity contribution in [2.24, 2.45) is 0 Å². The Morgan fingerprint density at radius 2 is 1.00 bits per heavy atom. The first-order valence-corrected chi connectivity index (χ1v) is 13.2. The summed E-state index contributed by atoms with van der Waals surface area (Å²) in [5.41, 5.74) is 6.25. The van der Waals surface area contributed by atoms with Crippen molar-refractivity contribution in [2.45, 2.75) is 0 Å². The molecule has 2 aromatic heterocycles. The van der Waals surface area contributed by atoms with E-state index >= 15 is 0 Å². The lowest BCUT2D eigenvalue weighted by atomic mass is 9.59. The minimum atomic E-state index is 0.171. The van der Waals surface area contributed by atoms with Gasteiger partial charge in [-0.3, -0.25) is 0 Å². The van der Waals surface area contributed by atoms with Crippen molar-refractivity contribution in [1.29, 1.82) is 0 Å². The van der Waals surface area contributed by atoms with Gasteiger partial charge in [-0.15, -0.1) is 16.4 Å². The lowest BCUT2D eigenvalue weighted by Crippen LogP contribution is -2.55. The number of rotatable bonds is 4. The highest BCUT2D eigenvalue weighted by Crippen LogP contribution is 2.38. The van der Waals surface area contributed by atoms with E-state index in [1.54, 1.807) is 0 Å². The van der Waals surface area contributed by atoms with Crippen LogP contribution in [0.3, 0.4) is 0 Å². The highest BCUT2D eigenvalue weighted by Gasteiger charge is 2.19.